The van der Waals surface area contributed by atoms with Gasteiger partial charge in [-0.1, -0.05) is 0 Å². The zero-order valence-electron chi connectivity index (χ0n) is 11.9. The van der Waals surface area contributed by atoms with Gasteiger partial charge in [0.05, 0.1) is 26.9 Å². The molecule has 5 heteroatoms. The second kappa shape index (κ2) is 5.94. The minimum absolute atomic E-state index is 0.000318. The van der Waals surface area contributed by atoms with Crippen molar-refractivity contribution in [3.63, 3.8) is 0 Å². The quantitative estimate of drug-likeness (QED) is 0.788. The Hall–Kier alpha value is -2.04. The lowest BCUT2D eigenvalue weighted by Crippen LogP contribution is -2.23. The lowest BCUT2D eigenvalue weighted by Gasteiger charge is -2.24. The maximum atomic E-state index is 12.3. The second-order valence-electron chi connectivity index (χ2n) is 4.84. The van der Waals surface area contributed by atoms with Crippen LogP contribution in [-0.4, -0.2) is 33.1 Å². The largest absolute Gasteiger partial charge is 0.497 e. The zero-order valence-corrected chi connectivity index (χ0v) is 11.9. The Morgan fingerprint density at radius 3 is 2.55 bits per heavy atom. The summed E-state index contributed by atoms with van der Waals surface area (Å²) in [5.74, 6) is 0.855. The van der Waals surface area contributed by atoms with Crippen LogP contribution in [0.4, 0.5) is 0 Å². The summed E-state index contributed by atoms with van der Waals surface area (Å²) in [7, 11) is 4.45. The van der Waals surface area contributed by atoms with Gasteiger partial charge in [-0.15, -0.1) is 0 Å². The van der Waals surface area contributed by atoms with Crippen molar-refractivity contribution < 1.29 is 23.8 Å². The third-order valence-electron chi connectivity index (χ3n) is 3.56. The number of methoxy groups -OCH3 is 3. The van der Waals surface area contributed by atoms with Crippen LogP contribution in [0.5, 0.6) is 11.5 Å². The lowest BCUT2D eigenvalue weighted by molar-refractivity contribution is -0.141. The highest BCUT2D eigenvalue weighted by Gasteiger charge is 2.30. The molecule has 1 aliphatic rings. The molecule has 0 N–H and O–H groups in total. The molecule has 1 aliphatic carbocycles. The summed E-state index contributed by atoms with van der Waals surface area (Å²) in [6.07, 6.45) is 1.23. The number of benzene rings is 1. The molecule has 0 unspecified atom stereocenters. The first-order valence-corrected chi connectivity index (χ1v) is 6.44. The molecule has 20 heavy (non-hydrogen) atoms. The number of hydrogen-bond acceptors (Lipinski definition) is 5. The SMILES string of the molecule is COC(=O)C[C@H]1CC(=O)c2c(cc(OC)cc2OC)C1. The number of hydrogen-bond donors (Lipinski definition) is 0. The van der Waals surface area contributed by atoms with Gasteiger partial charge in [-0.05, 0) is 24.0 Å². The van der Waals surface area contributed by atoms with E-state index < -0.39 is 0 Å². The monoisotopic (exact) mass is 278 g/mol. The Morgan fingerprint density at radius 1 is 1.20 bits per heavy atom. The van der Waals surface area contributed by atoms with Crippen LogP contribution in [0.3, 0.4) is 0 Å². The molecule has 1 aromatic rings. The first-order chi connectivity index (χ1) is 9.58. The van der Waals surface area contributed by atoms with E-state index >= 15 is 0 Å². The van der Waals surface area contributed by atoms with Gasteiger partial charge in [0.15, 0.2) is 5.78 Å². The molecule has 5 nitrogen and oxygen atoms in total. The lowest BCUT2D eigenvalue weighted by atomic mass is 9.81. The van der Waals surface area contributed by atoms with Crippen molar-refractivity contribution in [3.05, 3.63) is 23.3 Å². The van der Waals surface area contributed by atoms with Crippen LogP contribution in [0.1, 0.15) is 28.8 Å². The molecule has 0 amide bonds. The Bertz CT molecular complexity index is 535. The predicted molar refractivity (Wildman–Crippen MR) is 72.3 cm³/mol. The molecule has 1 atom stereocenters. The summed E-state index contributed by atoms with van der Waals surface area (Å²) >= 11 is 0. The molecule has 0 saturated heterocycles. The third kappa shape index (κ3) is 2.76. The molecule has 0 heterocycles. The predicted octanol–water partition coefficient (Wildman–Crippen LogP) is 2.01. The third-order valence-corrected chi connectivity index (χ3v) is 3.56. The average molecular weight is 278 g/mol. The fourth-order valence-electron chi connectivity index (χ4n) is 2.61. The van der Waals surface area contributed by atoms with Crippen LogP contribution in [0, 0.1) is 5.92 Å². The fourth-order valence-corrected chi connectivity index (χ4v) is 2.61. The van der Waals surface area contributed by atoms with E-state index in [4.69, 9.17) is 9.47 Å². The van der Waals surface area contributed by atoms with Crippen molar-refractivity contribution in [3.8, 4) is 11.5 Å². The van der Waals surface area contributed by atoms with Crippen molar-refractivity contribution in [1.29, 1.82) is 0 Å². The van der Waals surface area contributed by atoms with Gasteiger partial charge in [-0.3, -0.25) is 9.59 Å². The summed E-state index contributed by atoms with van der Waals surface area (Å²) in [4.78, 5) is 23.6. The summed E-state index contributed by atoms with van der Waals surface area (Å²) in [6, 6.07) is 3.54. The molecule has 0 spiro atoms. The Kier molecular flexibility index (Phi) is 4.27. The number of ether oxygens (including phenoxy) is 3. The highest BCUT2D eigenvalue weighted by atomic mass is 16.5. The van der Waals surface area contributed by atoms with E-state index in [1.807, 2.05) is 6.07 Å². The molecule has 0 aromatic heterocycles. The molecule has 0 aliphatic heterocycles. The average Bonchev–Trinajstić information content (AvgIpc) is 2.45. The highest BCUT2D eigenvalue weighted by Crippen LogP contribution is 2.36. The first kappa shape index (κ1) is 14.4. The minimum atomic E-state index is -0.291. The number of carbonyl (C=O) groups excluding carboxylic acids is 2. The van der Waals surface area contributed by atoms with Gasteiger partial charge in [0.25, 0.3) is 0 Å². The van der Waals surface area contributed by atoms with Crippen molar-refractivity contribution in [2.24, 2.45) is 5.92 Å². The van der Waals surface area contributed by atoms with Crippen LogP contribution < -0.4 is 9.47 Å². The summed E-state index contributed by atoms with van der Waals surface area (Å²) in [6.45, 7) is 0. The van der Waals surface area contributed by atoms with Crippen molar-refractivity contribution in [1.82, 2.24) is 0 Å². The maximum absolute atomic E-state index is 12.3. The highest BCUT2D eigenvalue weighted by molar-refractivity contribution is 6.01. The molecule has 0 radical (unpaired) electrons. The molecule has 1 aromatic carbocycles. The van der Waals surface area contributed by atoms with Gasteiger partial charge in [0.1, 0.15) is 11.5 Å². The van der Waals surface area contributed by atoms with Crippen LogP contribution in [-0.2, 0) is 16.0 Å². The first-order valence-electron chi connectivity index (χ1n) is 6.44. The van der Waals surface area contributed by atoms with Crippen LogP contribution in [0.25, 0.3) is 0 Å². The molecule has 0 saturated carbocycles. The van der Waals surface area contributed by atoms with E-state index in [0.29, 0.717) is 29.9 Å². The van der Waals surface area contributed by atoms with Crippen molar-refractivity contribution in [2.45, 2.75) is 19.3 Å². The van der Waals surface area contributed by atoms with E-state index in [2.05, 4.69) is 4.74 Å². The molecule has 2 rings (SSSR count). The number of Topliss-reactive ketones (excluding diaryl/α,β-unsaturated/α-hetero) is 1. The Morgan fingerprint density at radius 2 is 1.95 bits per heavy atom. The van der Waals surface area contributed by atoms with Gasteiger partial charge in [0.2, 0.25) is 0 Å². The van der Waals surface area contributed by atoms with Crippen molar-refractivity contribution in [2.75, 3.05) is 21.3 Å². The summed E-state index contributed by atoms with van der Waals surface area (Å²) in [5, 5.41) is 0. The van der Waals surface area contributed by atoms with Gasteiger partial charge in [0, 0.05) is 18.9 Å². The Labute approximate surface area is 117 Å². The van der Waals surface area contributed by atoms with Crippen LogP contribution >= 0.6 is 0 Å². The number of ketones is 1. The standard InChI is InChI=1S/C15H18O5/c1-18-11-7-10-4-9(6-14(17)20-3)5-12(16)15(10)13(8-11)19-2/h7-9H,4-6H2,1-3H3/t9-/m1/s1. The van der Waals surface area contributed by atoms with E-state index in [1.165, 1.54) is 14.2 Å². The van der Waals surface area contributed by atoms with Crippen LogP contribution in [0.2, 0.25) is 0 Å². The molecular weight excluding hydrogens is 260 g/mol. The van der Waals surface area contributed by atoms with Gasteiger partial charge >= 0.3 is 5.97 Å². The topological polar surface area (TPSA) is 61.8 Å². The van der Waals surface area contributed by atoms with E-state index in [1.54, 1.807) is 13.2 Å². The van der Waals surface area contributed by atoms with Gasteiger partial charge < -0.3 is 14.2 Å². The Balaban J connectivity index is 2.33. The number of fused-ring (bicyclic) bond motifs is 1. The van der Waals surface area contributed by atoms with Crippen molar-refractivity contribution >= 4 is 11.8 Å². The smallest absolute Gasteiger partial charge is 0.305 e. The number of esters is 1. The zero-order chi connectivity index (χ0) is 14.7. The number of carbonyl (C=O) groups is 2. The molecule has 108 valence electrons. The summed E-state index contributed by atoms with van der Waals surface area (Å²) < 4.78 is 15.1. The molecule has 0 bridgehead atoms. The normalized spacial score (nSPS) is 17.4. The van der Waals surface area contributed by atoms with E-state index in [0.717, 1.165) is 5.56 Å². The van der Waals surface area contributed by atoms with Crippen LogP contribution in [0.15, 0.2) is 12.1 Å². The van der Waals surface area contributed by atoms with E-state index in [9.17, 15) is 9.59 Å². The second-order valence-corrected chi connectivity index (χ2v) is 4.84. The summed E-state index contributed by atoms with van der Waals surface area (Å²) in [5.41, 5.74) is 1.47. The van der Waals surface area contributed by atoms with Gasteiger partial charge in [-0.25, -0.2) is 0 Å². The van der Waals surface area contributed by atoms with E-state index in [-0.39, 0.29) is 24.1 Å². The molecule has 0 fully saturated rings. The van der Waals surface area contributed by atoms with Gasteiger partial charge in [-0.2, -0.15) is 0 Å². The number of rotatable bonds is 4. The fraction of sp³-hybridized carbons (Fsp3) is 0.467. The maximum Gasteiger partial charge on any atom is 0.305 e. The minimum Gasteiger partial charge on any atom is -0.497 e. The molecular formula is C15H18O5.